The molecular weight excluding hydrogens is 232 g/mol. The molecule has 4 heteroatoms. The van der Waals surface area contributed by atoms with Crippen LogP contribution in [0.1, 0.15) is 51.9 Å². The summed E-state index contributed by atoms with van der Waals surface area (Å²) >= 11 is 0. The van der Waals surface area contributed by atoms with E-state index >= 15 is 0 Å². The highest BCUT2D eigenvalue weighted by Gasteiger charge is 2.63. The molecule has 1 aliphatic heterocycles. The van der Waals surface area contributed by atoms with Crippen molar-refractivity contribution in [2.45, 2.75) is 57.7 Å². The smallest absolute Gasteiger partial charge is 0.317 e. The molecule has 104 valence electrons. The second-order valence-electron chi connectivity index (χ2n) is 5.33. The molecule has 0 amide bonds. The largest absolute Gasteiger partial charge is 0.468 e. The van der Waals surface area contributed by atoms with Crippen molar-refractivity contribution in [1.82, 2.24) is 0 Å². The molecule has 0 atom stereocenters. The molecule has 0 N–H and O–H groups in total. The van der Waals surface area contributed by atoms with Gasteiger partial charge in [-0.1, -0.05) is 26.2 Å². The van der Waals surface area contributed by atoms with Crippen molar-refractivity contribution in [3.05, 3.63) is 0 Å². The van der Waals surface area contributed by atoms with Crippen LogP contribution < -0.4 is 0 Å². The zero-order valence-electron chi connectivity index (χ0n) is 11.5. The summed E-state index contributed by atoms with van der Waals surface area (Å²) in [4.78, 5) is 12.2. The van der Waals surface area contributed by atoms with Gasteiger partial charge in [-0.2, -0.15) is 0 Å². The van der Waals surface area contributed by atoms with Gasteiger partial charge in [-0.05, 0) is 19.3 Å². The molecule has 0 aromatic carbocycles. The minimum Gasteiger partial charge on any atom is -0.468 e. The molecular formula is C14H24O4. The summed E-state index contributed by atoms with van der Waals surface area (Å²) in [5.41, 5.74) is -0.550. The van der Waals surface area contributed by atoms with E-state index in [0.717, 1.165) is 44.9 Å². The van der Waals surface area contributed by atoms with Gasteiger partial charge in [0.2, 0.25) is 0 Å². The lowest BCUT2D eigenvalue weighted by atomic mass is 9.62. The molecule has 0 radical (unpaired) electrons. The van der Waals surface area contributed by atoms with E-state index in [9.17, 15) is 4.79 Å². The maximum absolute atomic E-state index is 12.2. The molecule has 1 saturated carbocycles. The van der Waals surface area contributed by atoms with Crippen molar-refractivity contribution in [1.29, 1.82) is 0 Å². The molecule has 4 nitrogen and oxygen atoms in total. The minimum atomic E-state index is -0.715. The predicted octanol–water partition coefficient (Wildman–Crippen LogP) is 2.65. The average molecular weight is 256 g/mol. The third-order valence-corrected chi connectivity index (χ3v) is 4.38. The number of esters is 1. The van der Waals surface area contributed by atoms with Crippen LogP contribution in [0, 0.1) is 5.41 Å². The first kappa shape index (κ1) is 13.8. The fraction of sp³-hybridized carbons (Fsp3) is 0.929. The number of rotatable bonds is 6. The Labute approximate surface area is 109 Å². The summed E-state index contributed by atoms with van der Waals surface area (Å²) in [7, 11) is 1.46. The van der Waals surface area contributed by atoms with E-state index in [1.807, 2.05) is 0 Å². The standard InChI is InChI=1S/C14H24O4/c1-3-4-5-9-14(17-10-11-18-14)13(7-6-8-13)12(15)16-2/h3-11H2,1-2H3. The van der Waals surface area contributed by atoms with Crippen LogP contribution in [0.25, 0.3) is 0 Å². The third-order valence-electron chi connectivity index (χ3n) is 4.38. The maximum atomic E-state index is 12.2. The summed E-state index contributed by atoms with van der Waals surface area (Å²) in [5.74, 6) is -0.875. The van der Waals surface area contributed by atoms with Crippen molar-refractivity contribution < 1.29 is 19.0 Å². The Balaban J connectivity index is 2.14. The first-order valence-electron chi connectivity index (χ1n) is 7.07. The Morgan fingerprint density at radius 1 is 1.22 bits per heavy atom. The van der Waals surface area contributed by atoms with Crippen LogP contribution >= 0.6 is 0 Å². The maximum Gasteiger partial charge on any atom is 0.317 e. The van der Waals surface area contributed by atoms with Gasteiger partial charge in [0.1, 0.15) is 5.41 Å². The predicted molar refractivity (Wildman–Crippen MR) is 67.1 cm³/mol. The zero-order chi connectivity index (χ0) is 13.1. The fourth-order valence-corrected chi connectivity index (χ4v) is 3.19. The van der Waals surface area contributed by atoms with Gasteiger partial charge < -0.3 is 14.2 Å². The Morgan fingerprint density at radius 2 is 1.89 bits per heavy atom. The highest BCUT2D eigenvalue weighted by Crippen LogP contribution is 2.55. The first-order chi connectivity index (χ1) is 8.71. The normalized spacial score (nSPS) is 24.6. The van der Waals surface area contributed by atoms with E-state index in [1.165, 1.54) is 7.11 Å². The molecule has 0 unspecified atom stereocenters. The van der Waals surface area contributed by atoms with Crippen LogP contribution in [-0.2, 0) is 19.0 Å². The van der Waals surface area contributed by atoms with Gasteiger partial charge in [-0.3, -0.25) is 4.79 Å². The summed E-state index contributed by atoms with van der Waals surface area (Å²) in [5, 5.41) is 0. The van der Waals surface area contributed by atoms with Crippen molar-refractivity contribution in [2.24, 2.45) is 5.41 Å². The molecule has 0 aromatic rings. The van der Waals surface area contributed by atoms with E-state index in [-0.39, 0.29) is 5.97 Å². The SMILES string of the molecule is CCCCCC1(C2(C(=O)OC)CCC2)OCCO1. The fourth-order valence-electron chi connectivity index (χ4n) is 3.19. The minimum absolute atomic E-state index is 0.160. The summed E-state index contributed by atoms with van der Waals surface area (Å²) in [6.45, 7) is 3.35. The molecule has 2 aliphatic rings. The Hall–Kier alpha value is -0.610. The zero-order valence-corrected chi connectivity index (χ0v) is 11.5. The highest BCUT2D eigenvalue weighted by molar-refractivity contribution is 5.79. The van der Waals surface area contributed by atoms with Gasteiger partial charge in [0.25, 0.3) is 0 Å². The van der Waals surface area contributed by atoms with Crippen LogP contribution in [0.3, 0.4) is 0 Å². The summed E-state index contributed by atoms with van der Waals surface area (Å²) < 4.78 is 16.8. The van der Waals surface area contributed by atoms with E-state index in [4.69, 9.17) is 14.2 Å². The molecule has 0 bridgehead atoms. The van der Waals surface area contributed by atoms with E-state index in [0.29, 0.717) is 13.2 Å². The summed E-state index contributed by atoms with van der Waals surface area (Å²) in [6.07, 6.45) is 6.84. The molecule has 18 heavy (non-hydrogen) atoms. The molecule has 2 fully saturated rings. The summed E-state index contributed by atoms with van der Waals surface area (Å²) in [6, 6.07) is 0. The van der Waals surface area contributed by atoms with Gasteiger partial charge >= 0.3 is 5.97 Å². The number of hydrogen-bond acceptors (Lipinski definition) is 4. The first-order valence-corrected chi connectivity index (χ1v) is 7.07. The lowest BCUT2D eigenvalue weighted by Crippen LogP contribution is -2.58. The number of hydrogen-bond donors (Lipinski definition) is 0. The Kier molecular flexibility index (Phi) is 4.28. The number of carbonyl (C=O) groups is 1. The molecule has 2 rings (SSSR count). The van der Waals surface area contributed by atoms with Crippen molar-refractivity contribution >= 4 is 5.97 Å². The van der Waals surface area contributed by atoms with Crippen LogP contribution in [0.4, 0.5) is 0 Å². The number of methoxy groups -OCH3 is 1. The molecule has 1 aliphatic carbocycles. The average Bonchev–Trinajstić information content (AvgIpc) is 2.77. The van der Waals surface area contributed by atoms with Crippen molar-refractivity contribution in [3.8, 4) is 0 Å². The molecule has 0 aromatic heterocycles. The van der Waals surface area contributed by atoms with Gasteiger partial charge in [0, 0.05) is 6.42 Å². The Bertz CT molecular complexity index is 290. The second-order valence-corrected chi connectivity index (χ2v) is 5.33. The lowest BCUT2D eigenvalue weighted by molar-refractivity contribution is -0.266. The van der Waals surface area contributed by atoms with Crippen LogP contribution in [-0.4, -0.2) is 32.1 Å². The monoisotopic (exact) mass is 256 g/mol. The van der Waals surface area contributed by atoms with Crippen LogP contribution in [0.15, 0.2) is 0 Å². The Morgan fingerprint density at radius 3 is 2.33 bits per heavy atom. The van der Waals surface area contributed by atoms with E-state index in [2.05, 4.69) is 6.92 Å². The van der Waals surface area contributed by atoms with Crippen molar-refractivity contribution in [3.63, 3.8) is 0 Å². The number of unbranched alkanes of at least 4 members (excludes halogenated alkanes) is 2. The van der Waals surface area contributed by atoms with E-state index < -0.39 is 11.2 Å². The van der Waals surface area contributed by atoms with Gasteiger partial charge in [0.15, 0.2) is 5.79 Å². The third kappa shape index (κ3) is 2.05. The molecule has 1 heterocycles. The number of carbonyl (C=O) groups excluding carboxylic acids is 1. The highest BCUT2D eigenvalue weighted by atomic mass is 16.7. The second kappa shape index (κ2) is 5.57. The lowest BCUT2D eigenvalue weighted by Gasteiger charge is -2.50. The van der Waals surface area contributed by atoms with Gasteiger partial charge in [0.05, 0.1) is 20.3 Å². The van der Waals surface area contributed by atoms with Gasteiger partial charge in [-0.15, -0.1) is 0 Å². The van der Waals surface area contributed by atoms with Gasteiger partial charge in [-0.25, -0.2) is 0 Å². The molecule has 1 saturated heterocycles. The van der Waals surface area contributed by atoms with Crippen LogP contribution in [0.5, 0.6) is 0 Å². The van der Waals surface area contributed by atoms with E-state index in [1.54, 1.807) is 0 Å². The quantitative estimate of drug-likeness (QED) is 0.541. The van der Waals surface area contributed by atoms with Crippen LogP contribution in [0.2, 0.25) is 0 Å². The van der Waals surface area contributed by atoms with Crippen molar-refractivity contribution in [2.75, 3.05) is 20.3 Å². The number of ether oxygens (including phenoxy) is 3. The topological polar surface area (TPSA) is 44.8 Å². The molecule has 0 spiro atoms.